The number of fused-ring (bicyclic) bond motifs is 1. The van der Waals surface area contributed by atoms with Crippen molar-refractivity contribution < 1.29 is 14.6 Å². The Labute approximate surface area is 146 Å². The maximum Gasteiger partial charge on any atom is 0.199 e. The third kappa shape index (κ3) is 3.13. The van der Waals surface area contributed by atoms with Crippen molar-refractivity contribution >= 4 is 11.0 Å². The molecule has 0 radical (unpaired) electrons. The summed E-state index contributed by atoms with van der Waals surface area (Å²) in [5.74, 6) is 1.48. The van der Waals surface area contributed by atoms with Crippen LogP contribution in [0.5, 0.6) is 5.75 Å². The lowest BCUT2D eigenvalue weighted by molar-refractivity contribution is -0.105. The van der Waals surface area contributed by atoms with E-state index in [9.17, 15) is 5.11 Å². The summed E-state index contributed by atoms with van der Waals surface area (Å²) in [4.78, 5) is 4.58. The zero-order chi connectivity index (χ0) is 17.2. The van der Waals surface area contributed by atoms with Gasteiger partial charge in [0.15, 0.2) is 6.29 Å². The Kier molecular flexibility index (Phi) is 4.42. The largest absolute Gasteiger partial charge is 0.465 e. The van der Waals surface area contributed by atoms with Crippen molar-refractivity contribution in [1.29, 1.82) is 0 Å². The lowest BCUT2D eigenvalue weighted by atomic mass is 10.0. The zero-order valence-corrected chi connectivity index (χ0v) is 14.3. The lowest BCUT2D eigenvalue weighted by Gasteiger charge is -2.23. The molecule has 1 fully saturated rings. The van der Waals surface area contributed by atoms with Crippen molar-refractivity contribution in [2.24, 2.45) is 7.05 Å². The van der Waals surface area contributed by atoms with Crippen LogP contribution in [0.1, 0.15) is 25.1 Å². The number of para-hydroxylation sites is 1. The van der Waals surface area contributed by atoms with Gasteiger partial charge in [-0.15, -0.1) is 0 Å². The average molecular weight is 338 g/mol. The summed E-state index contributed by atoms with van der Waals surface area (Å²) in [5, 5.41) is 9.46. The molecule has 25 heavy (non-hydrogen) atoms. The van der Waals surface area contributed by atoms with E-state index in [2.05, 4.69) is 11.1 Å². The second-order valence-electron chi connectivity index (χ2n) is 6.36. The van der Waals surface area contributed by atoms with E-state index in [4.69, 9.17) is 9.47 Å². The molecule has 4 rings (SSSR count). The van der Waals surface area contributed by atoms with Crippen LogP contribution in [-0.4, -0.2) is 27.6 Å². The molecule has 0 saturated carbocycles. The Morgan fingerprint density at radius 3 is 2.76 bits per heavy atom. The molecule has 1 atom stereocenters. The highest BCUT2D eigenvalue weighted by Gasteiger charge is 2.16. The van der Waals surface area contributed by atoms with Gasteiger partial charge >= 0.3 is 0 Å². The van der Waals surface area contributed by atoms with Gasteiger partial charge in [0, 0.05) is 19.0 Å². The first kappa shape index (κ1) is 16.1. The Balaban J connectivity index is 1.62. The number of aliphatic hydroxyl groups excluding tert-OH is 1. The Morgan fingerprint density at radius 1 is 1.20 bits per heavy atom. The number of nitrogens with zero attached hydrogens (tertiary/aromatic N) is 2. The summed E-state index contributed by atoms with van der Waals surface area (Å²) < 4.78 is 13.5. The van der Waals surface area contributed by atoms with Crippen molar-refractivity contribution in [2.45, 2.75) is 32.2 Å². The highest BCUT2D eigenvalue weighted by Crippen LogP contribution is 2.30. The summed E-state index contributed by atoms with van der Waals surface area (Å²) in [5.41, 5.74) is 4.04. The third-order valence-electron chi connectivity index (χ3n) is 4.72. The van der Waals surface area contributed by atoms with Gasteiger partial charge < -0.3 is 19.1 Å². The molecule has 2 aromatic carbocycles. The Bertz CT molecular complexity index is 865. The van der Waals surface area contributed by atoms with Crippen LogP contribution in [0.2, 0.25) is 0 Å². The van der Waals surface area contributed by atoms with E-state index in [0.29, 0.717) is 5.82 Å². The van der Waals surface area contributed by atoms with Crippen LogP contribution in [0.15, 0.2) is 42.5 Å². The molecule has 5 heteroatoms. The number of hydrogen-bond donors (Lipinski definition) is 1. The molecule has 1 aromatic heterocycles. The Morgan fingerprint density at radius 2 is 2.04 bits per heavy atom. The summed E-state index contributed by atoms with van der Waals surface area (Å²) >= 11 is 0. The van der Waals surface area contributed by atoms with Crippen LogP contribution in [-0.2, 0) is 18.4 Å². The maximum absolute atomic E-state index is 9.46. The number of hydrogen-bond acceptors (Lipinski definition) is 4. The second kappa shape index (κ2) is 6.86. The van der Waals surface area contributed by atoms with Crippen LogP contribution >= 0.6 is 0 Å². The first-order valence-electron chi connectivity index (χ1n) is 8.70. The van der Waals surface area contributed by atoms with Crippen LogP contribution in [0.4, 0.5) is 0 Å². The third-order valence-corrected chi connectivity index (χ3v) is 4.72. The number of benzene rings is 2. The summed E-state index contributed by atoms with van der Waals surface area (Å²) in [6.45, 7) is 0.705. The first-order chi connectivity index (χ1) is 12.3. The van der Waals surface area contributed by atoms with Crippen molar-refractivity contribution in [3.8, 4) is 16.9 Å². The minimum Gasteiger partial charge on any atom is -0.465 e. The predicted molar refractivity (Wildman–Crippen MR) is 96.3 cm³/mol. The monoisotopic (exact) mass is 338 g/mol. The number of aliphatic hydroxyl groups is 1. The van der Waals surface area contributed by atoms with Gasteiger partial charge in [0.05, 0.1) is 17.6 Å². The molecule has 1 saturated heterocycles. The fraction of sp³-hybridized carbons (Fsp3) is 0.350. The van der Waals surface area contributed by atoms with E-state index in [1.807, 2.05) is 48.0 Å². The molecular weight excluding hydrogens is 316 g/mol. The number of ether oxygens (including phenoxy) is 2. The van der Waals surface area contributed by atoms with Gasteiger partial charge in [-0.1, -0.05) is 24.3 Å². The lowest BCUT2D eigenvalue weighted by Crippen LogP contribution is -2.24. The van der Waals surface area contributed by atoms with Crippen molar-refractivity contribution in [3.05, 3.63) is 48.3 Å². The molecule has 0 aliphatic carbocycles. The van der Waals surface area contributed by atoms with Crippen LogP contribution in [0.3, 0.4) is 0 Å². The van der Waals surface area contributed by atoms with Gasteiger partial charge in [0.1, 0.15) is 18.2 Å². The molecule has 130 valence electrons. The zero-order valence-electron chi connectivity index (χ0n) is 14.3. The van der Waals surface area contributed by atoms with Gasteiger partial charge in [-0.3, -0.25) is 0 Å². The first-order valence-corrected chi connectivity index (χ1v) is 8.70. The number of aryl methyl sites for hydroxylation is 1. The molecule has 1 aliphatic heterocycles. The Hall–Kier alpha value is -2.37. The van der Waals surface area contributed by atoms with E-state index >= 15 is 0 Å². The normalized spacial score (nSPS) is 17.8. The van der Waals surface area contributed by atoms with Gasteiger partial charge in [-0.2, -0.15) is 0 Å². The SMILES string of the molecule is Cn1c(CO)nc2c(-c3ccc(OC4CCCCO4)cc3)cccc21. The van der Waals surface area contributed by atoms with Gasteiger partial charge in [0.2, 0.25) is 0 Å². The summed E-state index contributed by atoms with van der Waals surface area (Å²) in [6.07, 6.45) is 3.07. The molecule has 0 spiro atoms. The number of rotatable bonds is 4. The maximum atomic E-state index is 9.46. The van der Waals surface area contributed by atoms with Crippen LogP contribution < -0.4 is 4.74 Å². The average Bonchev–Trinajstić information content (AvgIpc) is 2.99. The number of aromatic nitrogens is 2. The summed E-state index contributed by atoms with van der Waals surface area (Å²) in [6, 6.07) is 14.1. The van der Waals surface area contributed by atoms with E-state index in [1.165, 1.54) is 0 Å². The highest BCUT2D eigenvalue weighted by molar-refractivity contribution is 5.92. The van der Waals surface area contributed by atoms with E-state index in [-0.39, 0.29) is 12.9 Å². The fourth-order valence-corrected chi connectivity index (χ4v) is 3.31. The van der Waals surface area contributed by atoms with Crippen LogP contribution in [0.25, 0.3) is 22.2 Å². The quantitative estimate of drug-likeness (QED) is 0.789. The molecule has 0 bridgehead atoms. The molecule has 1 N–H and O–H groups in total. The molecule has 2 heterocycles. The smallest absolute Gasteiger partial charge is 0.199 e. The van der Waals surface area contributed by atoms with Gasteiger partial charge in [-0.05, 0) is 36.6 Å². The minimum atomic E-state index is -0.133. The molecule has 1 unspecified atom stereocenters. The molecule has 1 aliphatic rings. The molecular formula is C20H22N2O3. The van der Waals surface area contributed by atoms with E-state index < -0.39 is 0 Å². The minimum absolute atomic E-state index is 0.0706. The molecule has 5 nitrogen and oxygen atoms in total. The second-order valence-corrected chi connectivity index (χ2v) is 6.36. The number of imidazole rings is 1. The van der Waals surface area contributed by atoms with Crippen molar-refractivity contribution in [3.63, 3.8) is 0 Å². The summed E-state index contributed by atoms with van der Waals surface area (Å²) in [7, 11) is 1.92. The van der Waals surface area contributed by atoms with Gasteiger partial charge in [0.25, 0.3) is 0 Å². The van der Waals surface area contributed by atoms with Gasteiger partial charge in [-0.25, -0.2) is 4.98 Å². The fourth-order valence-electron chi connectivity index (χ4n) is 3.31. The standard InChI is InChI=1S/C20H22N2O3/c1-22-17-6-4-5-16(20(17)21-18(22)13-23)14-8-10-15(11-9-14)25-19-7-2-3-12-24-19/h4-6,8-11,19,23H,2-3,7,12-13H2,1H3. The predicted octanol–water partition coefficient (Wildman–Crippen LogP) is 3.64. The van der Waals surface area contributed by atoms with Crippen LogP contribution in [0, 0.1) is 0 Å². The molecule has 3 aromatic rings. The van der Waals surface area contributed by atoms with E-state index in [0.717, 1.165) is 53.8 Å². The molecule has 0 amide bonds. The van der Waals surface area contributed by atoms with Crippen molar-refractivity contribution in [1.82, 2.24) is 9.55 Å². The van der Waals surface area contributed by atoms with E-state index in [1.54, 1.807) is 0 Å². The topological polar surface area (TPSA) is 56.5 Å². The van der Waals surface area contributed by atoms with Crippen molar-refractivity contribution in [2.75, 3.05) is 6.61 Å². The highest BCUT2D eigenvalue weighted by atomic mass is 16.7.